The minimum atomic E-state index is -0.180. The summed E-state index contributed by atoms with van der Waals surface area (Å²) < 4.78 is 10.6. The third-order valence-corrected chi connectivity index (χ3v) is 4.14. The van der Waals surface area contributed by atoms with Crippen molar-refractivity contribution >= 4 is 5.97 Å². The normalized spacial score (nSPS) is 22.0. The number of hydrogen-bond acceptors (Lipinski definition) is 4. The third kappa shape index (κ3) is 7.04. The molecule has 0 bridgehead atoms. The molecule has 1 N–H and O–H groups in total. The summed E-state index contributed by atoms with van der Waals surface area (Å²) in [5.41, 5.74) is 1.32. The Labute approximate surface area is 139 Å². The predicted octanol–water partition coefficient (Wildman–Crippen LogP) is 3.34. The molecule has 2 fully saturated rings. The van der Waals surface area contributed by atoms with Crippen LogP contribution in [-0.2, 0) is 16.0 Å². The highest BCUT2D eigenvalue weighted by Crippen LogP contribution is 2.26. The third-order valence-electron chi connectivity index (χ3n) is 4.14. The molecule has 1 unspecified atom stereocenters. The lowest BCUT2D eigenvalue weighted by atomic mass is 9.91. The summed E-state index contributed by atoms with van der Waals surface area (Å²) in [5, 5.41) is 3.37. The van der Waals surface area contributed by atoms with Crippen molar-refractivity contribution in [3.8, 4) is 5.75 Å². The van der Waals surface area contributed by atoms with Gasteiger partial charge < -0.3 is 14.8 Å². The van der Waals surface area contributed by atoms with Crippen LogP contribution in [-0.4, -0.2) is 32.8 Å². The molecule has 1 saturated carbocycles. The fourth-order valence-electron chi connectivity index (χ4n) is 2.39. The maximum atomic E-state index is 11.2. The number of benzene rings is 1. The van der Waals surface area contributed by atoms with E-state index < -0.39 is 0 Å². The Hall–Kier alpha value is -1.55. The number of carbonyl (C=O) groups excluding carboxylic acids is 1. The number of rotatable bonds is 6. The highest BCUT2D eigenvalue weighted by molar-refractivity contribution is 5.69. The van der Waals surface area contributed by atoms with Crippen LogP contribution in [0.25, 0.3) is 0 Å². The van der Waals surface area contributed by atoms with Crippen LogP contribution in [0.1, 0.15) is 44.6 Å². The van der Waals surface area contributed by atoms with Crippen molar-refractivity contribution in [1.29, 1.82) is 0 Å². The number of hydrogen-bond donors (Lipinski definition) is 1. The molecule has 0 amide bonds. The molecule has 1 heterocycles. The van der Waals surface area contributed by atoms with E-state index in [1.807, 2.05) is 24.3 Å². The Morgan fingerprint density at radius 2 is 2.09 bits per heavy atom. The molecule has 1 atom stereocenters. The minimum Gasteiger partial charge on any atom is -0.493 e. The molecule has 0 radical (unpaired) electrons. The average Bonchev–Trinajstić information content (AvgIpc) is 3.40. The monoisotopic (exact) mass is 319 g/mol. The van der Waals surface area contributed by atoms with Crippen LogP contribution < -0.4 is 10.1 Å². The number of ether oxygens (including phenoxy) is 2. The Bertz CT molecular complexity index is 490. The van der Waals surface area contributed by atoms with Gasteiger partial charge in [0.25, 0.3) is 0 Å². The van der Waals surface area contributed by atoms with E-state index in [0.717, 1.165) is 37.4 Å². The Morgan fingerprint density at radius 3 is 2.70 bits per heavy atom. The second-order valence-electron chi connectivity index (χ2n) is 6.81. The van der Waals surface area contributed by atoms with Gasteiger partial charge in [0.2, 0.25) is 0 Å². The maximum Gasteiger partial charge on any atom is 0.305 e. The van der Waals surface area contributed by atoms with Crippen LogP contribution in [0.15, 0.2) is 24.3 Å². The minimum absolute atomic E-state index is 0.180. The molecule has 2 aliphatic rings. The zero-order chi connectivity index (χ0) is 16.5. The second-order valence-corrected chi connectivity index (χ2v) is 6.81. The molecule has 0 spiro atoms. The largest absolute Gasteiger partial charge is 0.493 e. The molecule has 4 nitrogen and oxygen atoms in total. The SMILES string of the molecule is C1CC1.COC(=O)CCc1cccc(OCC2(C)CCNC2)c1. The molecular formula is C19H29NO3. The first kappa shape index (κ1) is 17.8. The molecule has 1 aliphatic carbocycles. The molecule has 23 heavy (non-hydrogen) atoms. The second kappa shape index (κ2) is 8.92. The van der Waals surface area contributed by atoms with Crippen LogP contribution in [0.4, 0.5) is 0 Å². The van der Waals surface area contributed by atoms with Gasteiger partial charge in [-0.15, -0.1) is 0 Å². The van der Waals surface area contributed by atoms with Crippen molar-refractivity contribution in [3.63, 3.8) is 0 Å². The molecule has 1 saturated heterocycles. The van der Waals surface area contributed by atoms with E-state index in [1.165, 1.54) is 26.4 Å². The van der Waals surface area contributed by atoms with Crippen molar-refractivity contribution in [3.05, 3.63) is 29.8 Å². The van der Waals surface area contributed by atoms with Gasteiger partial charge in [-0.05, 0) is 37.1 Å². The summed E-state index contributed by atoms with van der Waals surface area (Å²) in [4.78, 5) is 11.2. The van der Waals surface area contributed by atoms with Crippen molar-refractivity contribution < 1.29 is 14.3 Å². The molecule has 3 rings (SSSR count). The zero-order valence-corrected chi connectivity index (χ0v) is 14.4. The summed E-state index contributed by atoms with van der Waals surface area (Å²) in [6.45, 7) is 5.04. The summed E-state index contributed by atoms with van der Waals surface area (Å²) >= 11 is 0. The van der Waals surface area contributed by atoms with Crippen molar-refractivity contribution in [2.45, 2.75) is 45.4 Å². The number of methoxy groups -OCH3 is 1. The molecule has 128 valence electrons. The summed E-state index contributed by atoms with van der Waals surface area (Å²) in [6, 6.07) is 7.95. The highest BCUT2D eigenvalue weighted by Gasteiger charge is 2.29. The van der Waals surface area contributed by atoms with Crippen LogP contribution in [0.3, 0.4) is 0 Å². The highest BCUT2D eigenvalue weighted by atomic mass is 16.5. The smallest absolute Gasteiger partial charge is 0.305 e. The Morgan fingerprint density at radius 1 is 1.30 bits per heavy atom. The first-order chi connectivity index (χ1) is 11.1. The van der Waals surface area contributed by atoms with E-state index in [-0.39, 0.29) is 11.4 Å². The van der Waals surface area contributed by atoms with Crippen molar-refractivity contribution in [2.75, 3.05) is 26.8 Å². The Kier molecular flexibility index (Phi) is 6.90. The first-order valence-electron chi connectivity index (χ1n) is 8.61. The van der Waals surface area contributed by atoms with Gasteiger partial charge >= 0.3 is 5.97 Å². The molecule has 0 aromatic heterocycles. The van der Waals surface area contributed by atoms with Gasteiger partial charge in [-0.25, -0.2) is 0 Å². The Balaban J connectivity index is 0.000000572. The maximum absolute atomic E-state index is 11.2. The van der Waals surface area contributed by atoms with E-state index in [9.17, 15) is 4.79 Å². The van der Waals surface area contributed by atoms with E-state index in [2.05, 4.69) is 17.0 Å². The fraction of sp³-hybridized carbons (Fsp3) is 0.632. The van der Waals surface area contributed by atoms with E-state index in [4.69, 9.17) is 4.74 Å². The topological polar surface area (TPSA) is 47.6 Å². The van der Waals surface area contributed by atoms with E-state index >= 15 is 0 Å². The van der Waals surface area contributed by atoms with Crippen LogP contribution >= 0.6 is 0 Å². The fourth-order valence-corrected chi connectivity index (χ4v) is 2.39. The number of nitrogens with one attached hydrogen (secondary N) is 1. The molecular weight excluding hydrogens is 290 g/mol. The predicted molar refractivity (Wildman–Crippen MR) is 91.7 cm³/mol. The van der Waals surface area contributed by atoms with Gasteiger partial charge in [-0.2, -0.15) is 0 Å². The van der Waals surface area contributed by atoms with E-state index in [0.29, 0.717) is 12.8 Å². The average molecular weight is 319 g/mol. The van der Waals surface area contributed by atoms with Crippen LogP contribution in [0.2, 0.25) is 0 Å². The molecule has 1 aliphatic heterocycles. The van der Waals surface area contributed by atoms with E-state index in [1.54, 1.807) is 0 Å². The van der Waals surface area contributed by atoms with Gasteiger partial charge in [-0.1, -0.05) is 38.3 Å². The van der Waals surface area contributed by atoms with Crippen LogP contribution in [0, 0.1) is 5.41 Å². The van der Waals surface area contributed by atoms with Gasteiger partial charge in [0.1, 0.15) is 5.75 Å². The summed E-state index contributed by atoms with van der Waals surface area (Å²) in [5.74, 6) is 0.696. The number of carbonyl (C=O) groups is 1. The molecule has 4 heteroatoms. The molecule has 1 aromatic carbocycles. The van der Waals surface area contributed by atoms with Crippen LogP contribution in [0.5, 0.6) is 5.75 Å². The van der Waals surface area contributed by atoms with Gasteiger partial charge in [0.15, 0.2) is 0 Å². The number of aryl methyl sites for hydroxylation is 1. The number of esters is 1. The summed E-state index contributed by atoms with van der Waals surface area (Å²) in [6.07, 6.45) is 6.74. The lowest BCUT2D eigenvalue weighted by Gasteiger charge is -2.22. The summed E-state index contributed by atoms with van der Waals surface area (Å²) in [7, 11) is 1.41. The van der Waals surface area contributed by atoms with Gasteiger partial charge in [0, 0.05) is 18.4 Å². The van der Waals surface area contributed by atoms with Crippen molar-refractivity contribution in [2.24, 2.45) is 5.41 Å². The van der Waals surface area contributed by atoms with Gasteiger partial charge in [0.05, 0.1) is 13.7 Å². The zero-order valence-electron chi connectivity index (χ0n) is 14.4. The quantitative estimate of drug-likeness (QED) is 0.817. The van der Waals surface area contributed by atoms with Gasteiger partial charge in [-0.3, -0.25) is 4.79 Å². The lowest BCUT2D eigenvalue weighted by Crippen LogP contribution is -2.27. The van der Waals surface area contributed by atoms with Crippen molar-refractivity contribution in [1.82, 2.24) is 5.32 Å². The first-order valence-corrected chi connectivity index (χ1v) is 8.61. The lowest BCUT2D eigenvalue weighted by molar-refractivity contribution is -0.140. The standard InChI is InChI=1S/C16H23NO3.C3H6/c1-16(8-9-17-11-16)12-20-14-5-3-4-13(10-14)6-7-15(18)19-2;1-2-3-1/h3-5,10,17H,6-9,11-12H2,1-2H3;1-3H2. The molecule has 1 aromatic rings.